The van der Waals surface area contributed by atoms with Gasteiger partial charge in [-0.05, 0) is 65.8 Å². The number of oxime groups is 1. The van der Waals surface area contributed by atoms with Gasteiger partial charge in [-0.3, -0.25) is 10.1 Å². The van der Waals surface area contributed by atoms with Crippen LogP contribution in [0.15, 0.2) is 34.8 Å². The number of esters is 2. The first-order valence-electron chi connectivity index (χ1n) is 10.0. The largest absolute Gasteiger partial charge is 0.461 e. The average molecular weight is 496 g/mol. The molecule has 0 atom stereocenters. The third-order valence-electron chi connectivity index (χ3n) is 3.80. The van der Waals surface area contributed by atoms with E-state index in [1.165, 1.54) is 19.2 Å². The molecule has 0 fully saturated rings. The monoisotopic (exact) mass is 495 g/mol. The first-order valence-corrected chi connectivity index (χ1v) is 11.3. The fourth-order valence-corrected chi connectivity index (χ4v) is 3.01. The fraction of sp³-hybridized carbons (Fsp3) is 0.409. The topological polar surface area (TPSA) is 116 Å². The van der Waals surface area contributed by atoms with Crippen molar-refractivity contribution in [2.45, 2.75) is 52.7 Å². The summed E-state index contributed by atoms with van der Waals surface area (Å²) in [5.41, 5.74) is -1.95. The van der Waals surface area contributed by atoms with Gasteiger partial charge in [-0.25, -0.2) is 14.6 Å². The van der Waals surface area contributed by atoms with E-state index in [2.05, 4.69) is 15.5 Å². The average Bonchev–Trinajstić information content (AvgIpc) is 3.15. The first kappa shape index (κ1) is 26.3. The molecule has 9 nitrogen and oxygen atoms in total. The number of ether oxygens (including phenoxy) is 2. The number of nitrogens with zero attached hydrogens (tertiary/aromatic N) is 2. The van der Waals surface area contributed by atoms with E-state index >= 15 is 0 Å². The van der Waals surface area contributed by atoms with Gasteiger partial charge < -0.3 is 14.3 Å². The second-order valence-corrected chi connectivity index (χ2v) is 9.56. The lowest BCUT2D eigenvalue weighted by atomic mass is 10.1. The highest BCUT2D eigenvalue weighted by Gasteiger charge is 2.36. The maximum atomic E-state index is 12.5. The maximum absolute atomic E-state index is 12.5. The molecule has 0 saturated heterocycles. The van der Waals surface area contributed by atoms with Gasteiger partial charge in [-0.2, -0.15) is 0 Å². The van der Waals surface area contributed by atoms with Gasteiger partial charge in [0.05, 0.1) is 6.61 Å². The van der Waals surface area contributed by atoms with Crippen molar-refractivity contribution in [3.63, 3.8) is 0 Å². The highest BCUT2D eigenvalue weighted by Crippen LogP contribution is 2.21. The zero-order valence-corrected chi connectivity index (χ0v) is 20.8. The van der Waals surface area contributed by atoms with Gasteiger partial charge in [-0.15, -0.1) is 11.3 Å². The molecule has 2 rings (SSSR count). The number of rotatable bonds is 8. The minimum absolute atomic E-state index is 0.0949. The van der Waals surface area contributed by atoms with Gasteiger partial charge in [-0.1, -0.05) is 16.8 Å². The van der Waals surface area contributed by atoms with Crippen LogP contribution in [0.5, 0.6) is 0 Å². The molecule has 0 aliphatic heterocycles. The number of carbonyl (C=O) groups excluding carboxylic acids is 3. The fourth-order valence-electron chi connectivity index (χ4n) is 2.20. The zero-order chi connectivity index (χ0) is 24.8. The van der Waals surface area contributed by atoms with Crippen LogP contribution in [-0.2, 0) is 23.9 Å². The van der Waals surface area contributed by atoms with Gasteiger partial charge in [0.2, 0.25) is 11.3 Å². The van der Waals surface area contributed by atoms with Crippen LogP contribution in [0.25, 0.3) is 0 Å². The number of nitrogens with one attached hydrogen (secondary N) is 1. The lowest BCUT2D eigenvalue weighted by Crippen LogP contribution is -2.40. The third-order valence-corrected chi connectivity index (χ3v) is 4.81. The van der Waals surface area contributed by atoms with Gasteiger partial charge >= 0.3 is 11.9 Å². The normalized spacial score (nSPS) is 12.2. The maximum Gasteiger partial charge on any atom is 0.362 e. The van der Waals surface area contributed by atoms with Gasteiger partial charge in [0.15, 0.2) is 5.13 Å². The van der Waals surface area contributed by atoms with E-state index in [0.717, 1.165) is 11.3 Å². The molecule has 1 aromatic carbocycles. The molecule has 33 heavy (non-hydrogen) atoms. The Kier molecular flexibility index (Phi) is 8.57. The van der Waals surface area contributed by atoms with Gasteiger partial charge in [0, 0.05) is 16.0 Å². The van der Waals surface area contributed by atoms with E-state index in [9.17, 15) is 14.4 Å². The van der Waals surface area contributed by atoms with Crippen molar-refractivity contribution in [2.24, 2.45) is 5.16 Å². The first-order chi connectivity index (χ1) is 15.3. The Morgan fingerprint density at radius 1 is 1.12 bits per heavy atom. The Morgan fingerprint density at radius 2 is 1.76 bits per heavy atom. The lowest BCUT2D eigenvalue weighted by molar-refractivity contribution is -0.179. The molecule has 0 bridgehead atoms. The van der Waals surface area contributed by atoms with E-state index in [4.69, 9.17) is 25.9 Å². The minimum atomic E-state index is -1.48. The zero-order valence-electron chi connectivity index (χ0n) is 19.2. The number of hydrogen-bond donors (Lipinski definition) is 1. The van der Waals surface area contributed by atoms with Gasteiger partial charge in [0.25, 0.3) is 5.91 Å². The Bertz CT molecular complexity index is 1040. The highest BCUT2D eigenvalue weighted by molar-refractivity contribution is 7.14. The molecule has 1 heterocycles. The quantitative estimate of drug-likeness (QED) is 0.326. The molecule has 0 saturated carbocycles. The Hall–Kier alpha value is -2.98. The Balaban J connectivity index is 2.23. The summed E-state index contributed by atoms with van der Waals surface area (Å²) in [6, 6.07) is 6.34. The van der Waals surface area contributed by atoms with Crippen molar-refractivity contribution in [1.29, 1.82) is 0 Å². The highest BCUT2D eigenvalue weighted by atomic mass is 35.5. The van der Waals surface area contributed by atoms with Crippen LogP contribution in [-0.4, -0.2) is 46.4 Å². The third kappa shape index (κ3) is 7.83. The number of anilines is 1. The summed E-state index contributed by atoms with van der Waals surface area (Å²) in [6.45, 7) is 9.84. The number of aromatic nitrogens is 1. The number of carbonyl (C=O) groups is 3. The van der Waals surface area contributed by atoms with E-state index < -0.39 is 29.0 Å². The molecule has 1 aromatic heterocycles. The molecule has 1 amide bonds. The predicted molar refractivity (Wildman–Crippen MR) is 126 cm³/mol. The second-order valence-electron chi connectivity index (χ2n) is 8.26. The van der Waals surface area contributed by atoms with E-state index in [0.29, 0.717) is 10.6 Å². The summed E-state index contributed by atoms with van der Waals surface area (Å²) >= 11 is 6.93. The summed E-state index contributed by atoms with van der Waals surface area (Å²) < 4.78 is 10.4. The standard InChI is InChI=1S/C22H26ClN3O6S/c1-7-30-18(28)16(26-32-22(5,6)19(29)31-21(2,3)4)15-12-33-20(24-15)25-17(27)13-8-10-14(23)11-9-13/h8-12H,7H2,1-6H3,(H,24,25,27). The van der Waals surface area contributed by atoms with Crippen LogP contribution in [0.3, 0.4) is 0 Å². The van der Waals surface area contributed by atoms with Crippen LogP contribution in [0, 0.1) is 0 Å². The van der Waals surface area contributed by atoms with E-state index in [-0.39, 0.29) is 23.1 Å². The lowest BCUT2D eigenvalue weighted by Gasteiger charge is -2.26. The smallest absolute Gasteiger partial charge is 0.362 e. The molecule has 1 N–H and O–H groups in total. The van der Waals surface area contributed by atoms with Gasteiger partial charge in [0.1, 0.15) is 11.3 Å². The molecular weight excluding hydrogens is 470 g/mol. The number of hydrogen-bond acceptors (Lipinski definition) is 9. The summed E-state index contributed by atoms with van der Waals surface area (Å²) in [6.07, 6.45) is 0. The van der Waals surface area contributed by atoms with E-state index in [1.807, 2.05) is 0 Å². The van der Waals surface area contributed by atoms with Crippen LogP contribution >= 0.6 is 22.9 Å². The van der Waals surface area contributed by atoms with E-state index in [1.54, 1.807) is 52.0 Å². The van der Waals surface area contributed by atoms with Crippen LogP contribution in [0.4, 0.5) is 5.13 Å². The minimum Gasteiger partial charge on any atom is -0.461 e. The van der Waals surface area contributed by atoms with Crippen molar-refractivity contribution in [1.82, 2.24) is 4.98 Å². The molecular formula is C22H26ClN3O6S. The van der Waals surface area contributed by atoms with Crippen molar-refractivity contribution in [3.8, 4) is 0 Å². The summed E-state index contributed by atoms with van der Waals surface area (Å²) in [7, 11) is 0. The molecule has 0 radical (unpaired) electrons. The van der Waals surface area contributed by atoms with Crippen molar-refractivity contribution >= 4 is 51.6 Å². The van der Waals surface area contributed by atoms with Crippen molar-refractivity contribution in [2.75, 3.05) is 11.9 Å². The second kappa shape index (κ2) is 10.8. The molecule has 11 heteroatoms. The summed E-state index contributed by atoms with van der Waals surface area (Å²) in [5, 5.41) is 8.75. The molecule has 178 valence electrons. The molecule has 0 spiro atoms. The number of benzene rings is 1. The van der Waals surface area contributed by atoms with Crippen LogP contribution in [0.2, 0.25) is 5.02 Å². The van der Waals surface area contributed by atoms with Crippen molar-refractivity contribution < 1.29 is 28.7 Å². The SMILES string of the molecule is CCOC(=O)C(=NOC(C)(C)C(=O)OC(C)(C)C)c1csc(NC(=O)c2ccc(Cl)cc2)n1. The summed E-state index contributed by atoms with van der Waals surface area (Å²) in [5.74, 6) is -1.85. The van der Waals surface area contributed by atoms with Crippen LogP contribution < -0.4 is 5.32 Å². The number of halogens is 1. The summed E-state index contributed by atoms with van der Waals surface area (Å²) in [4.78, 5) is 46.9. The molecule has 2 aromatic rings. The Labute approximate surface area is 201 Å². The number of thiazole rings is 1. The number of amides is 1. The van der Waals surface area contributed by atoms with Crippen LogP contribution in [0.1, 0.15) is 57.6 Å². The van der Waals surface area contributed by atoms with Crippen molar-refractivity contribution in [3.05, 3.63) is 45.9 Å². The molecule has 0 aliphatic carbocycles. The Morgan fingerprint density at radius 3 is 2.33 bits per heavy atom. The predicted octanol–water partition coefficient (Wildman–Crippen LogP) is 4.45. The molecule has 0 aliphatic rings. The molecule has 0 unspecified atom stereocenters.